The van der Waals surface area contributed by atoms with Gasteiger partial charge in [-0.15, -0.1) is 0 Å². The highest BCUT2D eigenvalue weighted by Gasteiger charge is 2.46. The van der Waals surface area contributed by atoms with Gasteiger partial charge in [0.05, 0.1) is 30.0 Å². The van der Waals surface area contributed by atoms with Gasteiger partial charge in [0, 0.05) is 11.6 Å². The average molecular weight is 482 g/mol. The van der Waals surface area contributed by atoms with Crippen LogP contribution in [0.15, 0.2) is 66.9 Å². The van der Waals surface area contributed by atoms with Gasteiger partial charge < -0.3 is 15.4 Å². The van der Waals surface area contributed by atoms with Crippen molar-refractivity contribution in [3.63, 3.8) is 0 Å². The van der Waals surface area contributed by atoms with Crippen LogP contribution in [0.25, 0.3) is 10.9 Å². The Morgan fingerprint density at radius 3 is 2.43 bits per heavy atom. The van der Waals surface area contributed by atoms with Crippen LogP contribution in [0, 0.1) is 0 Å². The molecule has 1 unspecified atom stereocenters. The van der Waals surface area contributed by atoms with E-state index in [1.54, 1.807) is 6.20 Å². The predicted octanol–water partition coefficient (Wildman–Crippen LogP) is 4.73. The quantitative estimate of drug-likeness (QED) is 0.278. The molecular formula is C21H19Cl3N4OS. The van der Waals surface area contributed by atoms with Crippen molar-refractivity contribution in [2.45, 2.75) is 15.5 Å². The second kappa shape index (κ2) is 8.83. The Labute approximate surface area is 195 Å². The number of nitrogens with zero attached hydrogens (tertiary/aromatic N) is 1. The first-order valence-electron chi connectivity index (χ1n) is 9.26. The van der Waals surface area contributed by atoms with Gasteiger partial charge in [0.2, 0.25) is 3.79 Å². The summed E-state index contributed by atoms with van der Waals surface area (Å²) in [6.07, 6.45) is 0.963. The number of fused-ring (bicyclic) bond motifs is 1. The maximum Gasteiger partial charge on any atom is 0.223 e. The third kappa shape index (κ3) is 4.64. The molecule has 3 N–H and O–H groups in total. The molecule has 0 bridgehead atoms. The van der Waals surface area contributed by atoms with Gasteiger partial charge >= 0.3 is 0 Å². The molecule has 0 aliphatic carbocycles. The van der Waals surface area contributed by atoms with Crippen LogP contribution in [0.5, 0.6) is 0 Å². The summed E-state index contributed by atoms with van der Waals surface area (Å²) in [4.78, 5) is 4.42. The van der Waals surface area contributed by atoms with Gasteiger partial charge in [-0.3, -0.25) is 10.3 Å². The number of nitrogens with one attached hydrogen (secondary N) is 3. The zero-order valence-corrected chi connectivity index (χ0v) is 18.8. The summed E-state index contributed by atoms with van der Waals surface area (Å²) in [5.74, 6) is 0. The van der Waals surface area contributed by atoms with Gasteiger partial charge in [-0.25, -0.2) is 0 Å². The van der Waals surface area contributed by atoms with E-state index in [9.17, 15) is 0 Å². The Morgan fingerprint density at radius 1 is 1.03 bits per heavy atom. The molecule has 5 nitrogen and oxygen atoms in total. The molecule has 3 aromatic rings. The van der Waals surface area contributed by atoms with Crippen molar-refractivity contribution in [2.75, 3.05) is 18.5 Å². The number of halogens is 3. The first kappa shape index (κ1) is 21.6. The topological polar surface area (TPSA) is 58.2 Å². The van der Waals surface area contributed by atoms with E-state index < -0.39 is 15.5 Å². The zero-order chi connectivity index (χ0) is 21.2. The fourth-order valence-corrected chi connectivity index (χ4v) is 3.92. The fraction of sp³-hybridized carbons (Fsp3) is 0.238. The van der Waals surface area contributed by atoms with Crippen molar-refractivity contribution < 1.29 is 4.74 Å². The number of rotatable bonds is 5. The summed E-state index contributed by atoms with van der Waals surface area (Å²) in [6, 6.07) is 19.6. The average Bonchev–Trinajstić information content (AvgIpc) is 2.70. The summed E-state index contributed by atoms with van der Waals surface area (Å²) in [5.41, 5.74) is 2.14. The van der Waals surface area contributed by atoms with Crippen LogP contribution in [0.4, 0.5) is 5.69 Å². The van der Waals surface area contributed by atoms with E-state index >= 15 is 0 Å². The fourth-order valence-electron chi connectivity index (χ4n) is 3.37. The van der Waals surface area contributed by atoms with Crippen molar-refractivity contribution in [2.24, 2.45) is 0 Å². The standard InChI is InChI=1S/C21H19Cl3N4OS/c22-21(23,24)18(28-20(12-29-13-20)15-8-2-1-3-9-15)27-19(30)26-16-10-4-6-14-7-5-11-25-17(14)16/h1-11,18,28H,12-13H2,(H2,26,27,30). The summed E-state index contributed by atoms with van der Waals surface area (Å²) < 4.78 is 3.81. The Bertz CT molecular complexity index is 1040. The maximum absolute atomic E-state index is 6.28. The second-order valence-electron chi connectivity index (χ2n) is 7.04. The van der Waals surface area contributed by atoms with Gasteiger partial charge in [0.15, 0.2) is 5.11 Å². The lowest BCUT2D eigenvalue weighted by molar-refractivity contribution is -0.0846. The van der Waals surface area contributed by atoms with Crippen LogP contribution in [0.2, 0.25) is 0 Å². The van der Waals surface area contributed by atoms with E-state index in [0.717, 1.165) is 22.2 Å². The monoisotopic (exact) mass is 480 g/mol. The Kier molecular flexibility index (Phi) is 6.34. The highest BCUT2D eigenvalue weighted by molar-refractivity contribution is 7.80. The number of anilines is 1. The number of pyridine rings is 1. The molecule has 2 aromatic carbocycles. The van der Waals surface area contributed by atoms with Crippen LogP contribution < -0.4 is 16.0 Å². The first-order valence-corrected chi connectivity index (χ1v) is 10.8. The third-order valence-corrected chi connectivity index (χ3v) is 5.80. The minimum Gasteiger partial charge on any atom is -0.377 e. The van der Waals surface area contributed by atoms with E-state index in [-0.39, 0.29) is 0 Å². The van der Waals surface area contributed by atoms with Crippen molar-refractivity contribution in [1.29, 1.82) is 0 Å². The van der Waals surface area contributed by atoms with Crippen LogP contribution >= 0.6 is 47.0 Å². The molecule has 1 fully saturated rings. The summed E-state index contributed by atoms with van der Waals surface area (Å²) >= 11 is 24.4. The molecule has 0 saturated carbocycles. The lowest BCUT2D eigenvalue weighted by atomic mass is 9.87. The minimum atomic E-state index is -1.67. The van der Waals surface area contributed by atoms with Crippen molar-refractivity contribution in [1.82, 2.24) is 15.6 Å². The normalized spacial score (nSPS) is 16.5. The summed E-state index contributed by atoms with van der Waals surface area (Å²) in [7, 11) is 0. The zero-order valence-electron chi connectivity index (χ0n) is 15.7. The number of ether oxygens (including phenoxy) is 1. The van der Waals surface area contributed by atoms with Crippen molar-refractivity contribution in [3.05, 3.63) is 72.4 Å². The van der Waals surface area contributed by atoms with E-state index in [1.807, 2.05) is 60.7 Å². The van der Waals surface area contributed by atoms with E-state index in [2.05, 4.69) is 20.9 Å². The minimum absolute atomic E-state index is 0.306. The number of hydrogen-bond donors (Lipinski definition) is 3. The maximum atomic E-state index is 6.28. The molecule has 1 aliphatic rings. The molecule has 1 saturated heterocycles. The van der Waals surface area contributed by atoms with Crippen LogP contribution in [0.1, 0.15) is 5.56 Å². The van der Waals surface area contributed by atoms with Gasteiger partial charge in [0.25, 0.3) is 0 Å². The number of para-hydroxylation sites is 1. The molecule has 156 valence electrons. The Hall–Kier alpha value is -1.67. The molecule has 1 aromatic heterocycles. The molecule has 1 aliphatic heterocycles. The van der Waals surface area contributed by atoms with E-state index in [0.29, 0.717) is 18.3 Å². The number of hydrogen-bond acceptors (Lipinski definition) is 4. The van der Waals surface area contributed by atoms with Gasteiger partial charge in [-0.2, -0.15) is 0 Å². The second-order valence-corrected chi connectivity index (χ2v) is 9.82. The van der Waals surface area contributed by atoms with Crippen LogP contribution in [0.3, 0.4) is 0 Å². The van der Waals surface area contributed by atoms with E-state index in [4.69, 9.17) is 51.8 Å². The highest BCUT2D eigenvalue weighted by Crippen LogP contribution is 2.35. The third-order valence-electron chi connectivity index (χ3n) is 4.93. The molecule has 4 rings (SSSR count). The molecule has 0 spiro atoms. The molecule has 2 heterocycles. The van der Waals surface area contributed by atoms with Crippen LogP contribution in [-0.2, 0) is 10.3 Å². The van der Waals surface area contributed by atoms with Gasteiger partial charge in [0.1, 0.15) is 6.17 Å². The molecule has 1 atom stereocenters. The van der Waals surface area contributed by atoms with Crippen LogP contribution in [-0.4, -0.2) is 33.3 Å². The lowest BCUT2D eigenvalue weighted by Crippen LogP contribution is -2.67. The Balaban J connectivity index is 1.53. The molecule has 30 heavy (non-hydrogen) atoms. The highest BCUT2D eigenvalue weighted by atomic mass is 35.6. The number of thiocarbonyl (C=S) groups is 1. The van der Waals surface area contributed by atoms with Crippen molar-refractivity contribution in [3.8, 4) is 0 Å². The van der Waals surface area contributed by atoms with Crippen molar-refractivity contribution >= 4 is 68.7 Å². The van der Waals surface area contributed by atoms with E-state index in [1.165, 1.54) is 0 Å². The Morgan fingerprint density at radius 2 is 1.77 bits per heavy atom. The smallest absolute Gasteiger partial charge is 0.223 e. The van der Waals surface area contributed by atoms with Gasteiger partial charge in [-0.1, -0.05) is 83.3 Å². The number of benzene rings is 2. The molecule has 0 amide bonds. The molecular weight excluding hydrogens is 463 g/mol. The first-order chi connectivity index (χ1) is 14.4. The molecule has 9 heteroatoms. The summed E-state index contributed by atoms with van der Waals surface area (Å²) in [6.45, 7) is 0.923. The number of aromatic nitrogens is 1. The summed E-state index contributed by atoms with van der Waals surface area (Å²) in [5, 5.41) is 11.0. The number of alkyl halides is 3. The SMILES string of the molecule is S=C(Nc1cccc2cccnc12)NC(NC1(c2ccccc2)COC1)C(Cl)(Cl)Cl. The lowest BCUT2D eigenvalue weighted by Gasteiger charge is -2.46. The predicted molar refractivity (Wildman–Crippen MR) is 127 cm³/mol. The molecule has 0 radical (unpaired) electrons. The van der Waals surface area contributed by atoms with Gasteiger partial charge in [-0.05, 0) is 29.9 Å². The largest absolute Gasteiger partial charge is 0.377 e.